The van der Waals surface area contributed by atoms with Gasteiger partial charge >= 0.3 is 6.09 Å². The van der Waals surface area contributed by atoms with Crippen molar-refractivity contribution in [2.75, 3.05) is 63.1 Å². The Morgan fingerprint density at radius 2 is 1.83 bits per heavy atom. The monoisotopic (exact) mass is 524 g/mol. The Morgan fingerprint density at radius 3 is 2.42 bits per heavy atom. The van der Waals surface area contributed by atoms with Gasteiger partial charge in [-0.2, -0.15) is 4.31 Å². The highest BCUT2D eigenvalue weighted by atomic mass is 32.2. The zero-order chi connectivity index (χ0) is 25.9. The van der Waals surface area contributed by atoms with Gasteiger partial charge < -0.3 is 19.3 Å². The first kappa shape index (κ1) is 26.6. The number of hydrogen-bond acceptors (Lipinski definition) is 8. The molecule has 12 heteroatoms. The van der Waals surface area contributed by atoms with Crippen LogP contribution >= 0.6 is 0 Å². The Kier molecular flexibility index (Phi) is 8.08. The average Bonchev–Trinajstić information content (AvgIpc) is 3.37. The van der Waals surface area contributed by atoms with Crippen molar-refractivity contribution < 1.29 is 32.7 Å². The number of rotatable bonds is 6. The highest BCUT2D eigenvalue weighted by Crippen LogP contribution is 2.35. The van der Waals surface area contributed by atoms with E-state index < -0.39 is 33.2 Å². The normalized spacial score (nSPS) is 22.9. The van der Waals surface area contributed by atoms with E-state index in [-0.39, 0.29) is 32.0 Å². The van der Waals surface area contributed by atoms with E-state index in [9.17, 15) is 23.2 Å². The van der Waals surface area contributed by atoms with Crippen LogP contribution in [-0.4, -0.2) is 99.2 Å². The summed E-state index contributed by atoms with van der Waals surface area (Å²) in [5.74, 6) is -1.16. The summed E-state index contributed by atoms with van der Waals surface area (Å²) in [7, 11) is -3.79. The van der Waals surface area contributed by atoms with Gasteiger partial charge in [-0.15, -0.1) is 0 Å². The molecule has 200 valence electrons. The van der Waals surface area contributed by atoms with Gasteiger partial charge in [0, 0.05) is 51.4 Å². The van der Waals surface area contributed by atoms with Crippen LogP contribution in [0.15, 0.2) is 18.2 Å². The van der Waals surface area contributed by atoms with Crippen molar-refractivity contribution in [3.05, 3.63) is 29.3 Å². The molecule has 3 aliphatic heterocycles. The van der Waals surface area contributed by atoms with Gasteiger partial charge in [-0.3, -0.25) is 10.0 Å². The number of likely N-dealkylation sites (tertiary alicyclic amines) is 1. The van der Waals surface area contributed by atoms with Gasteiger partial charge in [-0.25, -0.2) is 18.7 Å². The van der Waals surface area contributed by atoms with E-state index >= 15 is 0 Å². The lowest BCUT2D eigenvalue weighted by Gasteiger charge is -2.41. The van der Waals surface area contributed by atoms with Gasteiger partial charge in [-0.05, 0) is 38.3 Å². The van der Waals surface area contributed by atoms with Crippen molar-refractivity contribution in [3.63, 3.8) is 0 Å². The van der Waals surface area contributed by atoms with Crippen molar-refractivity contribution in [1.82, 2.24) is 14.7 Å². The molecule has 1 aromatic rings. The Labute approximate surface area is 212 Å². The molecule has 1 atom stereocenters. The van der Waals surface area contributed by atoms with Gasteiger partial charge in [0.1, 0.15) is 6.10 Å². The lowest BCUT2D eigenvalue weighted by Crippen LogP contribution is -2.56. The van der Waals surface area contributed by atoms with E-state index in [4.69, 9.17) is 9.47 Å². The first-order valence-electron chi connectivity index (χ1n) is 12.4. The second-order valence-corrected chi connectivity index (χ2v) is 12.0. The fraction of sp³-hybridized carbons (Fsp3) is 0.667. The standard InChI is InChI=1S/C24H36N4O7S/c1-18-3-4-21(19(2)15-18)26-10-12-28(13-11-26)36(32,33)17-24(22(29)25-31)6-8-27(9-7-24)23(30)35-20-5-14-34-16-20/h3-4,15,20,31H,5-14,16-17H2,1-2H3,(H,25,29). The maximum absolute atomic E-state index is 13.4. The van der Waals surface area contributed by atoms with Crippen LogP contribution < -0.4 is 10.4 Å². The third kappa shape index (κ3) is 5.77. The fourth-order valence-electron chi connectivity index (χ4n) is 5.30. The molecule has 36 heavy (non-hydrogen) atoms. The summed E-state index contributed by atoms with van der Waals surface area (Å²) in [6, 6.07) is 6.22. The van der Waals surface area contributed by atoms with Crippen LogP contribution in [0.2, 0.25) is 0 Å². The van der Waals surface area contributed by atoms with Crippen molar-refractivity contribution in [2.24, 2.45) is 5.41 Å². The number of benzene rings is 1. The molecule has 4 rings (SSSR count). The van der Waals surface area contributed by atoms with Crippen LogP contribution in [0.5, 0.6) is 0 Å². The van der Waals surface area contributed by atoms with Gasteiger partial charge in [0.2, 0.25) is 10.0 Å². The number of hydrogen-bond donors (Lipinski definition) is 2. The molecular formula is C24H36N4O7S. The third-order valence-corrected chi connectivity index (χ3v) is 9.57. The molecule has 0 aliphatic carbocycles. The van der Waals surface area contributed by atoms with Crippen LogP contribution in [0.3, 0.4) is 0 Å². The van der Waals surface area contributed by atoms with E-state index in [1.165, 1.54) is 14.8 Å². The topological polar surface area (TPSA) is 129 Å². The highest BCUT2D eigenvalue weighted by molar-refractivity contribution is 7.89. The molecule has 0 spiro atoms. The van der Waals surface area contributed by atoms with Gasteiger partial charge in [0.25, 0.3) is 5.91 Å². The number of ether oxygens (including phenoxy) is 2. The Hall–Kier alpha value is -2.41. The largest absolute Gasteiger partial charge is 0.444 e. The Morgan fingerprint density at radius 1 is 1.14 bits per heavy atom. The summed E-state index contributed by atoms with van der Waals surface area (Å²) in [4.78, 5) is 28.9. The molecule has 3 aliphatic rings. The molecule has 3 heterocycles. The van der Waals surface area contributed by atoms with E-state index in [1.54, 1.807) is 5.48 Å². The molecule has 2 N–H and O–H groups in total. The quantitative estimate of drug-likeness (QED) is 0.421. The summed E-state index contributed by atoms with van der Waals surface area (Å²) in [5, 5.41) is 9.40. The fourth-order valence-corrected chi connectivity index (χ4v) is 7.32. The summed E-state index contributed by atoms with van der Waals surface area (Å²) < 4.78 is 38.9. The first-order chi connectivity index (χ1) is 17.1. The third-order valence-electron chi connectivity index (χ3n) is 7.50. The molecule has 0 saturated carbocycles. The second-order valence-electron chi connectivity index (χ2n) is 10.0. The second kappa shape index (κ2) is 10.9. The molecule has 0 bridgehead atoms. The van der Waals surface area contributed by atoms with Gasteiger partial charge in [0.05, 0.1) is 24.4 Å². The summed E-state index contributed by atoms with van der Waals surface area (Å²) >= 11 is 0. The molecule has 3 fully saturated rings. The van der Waals surface area contributed by atoms with Crippen LogP contribution in [0.1, 0.15) is 30.4 Å². The SMILES string of the molecule is Cc1ccc(N2CCN(S(=O)(=O)CC3(C(=O)NO)CCN(C(=O)OC4CCOC4)CC3)CC2)c(C)c1. The van der Waals surface area contributed by atoms with Crippen LogP contribution in [0.25, 0.3) is 0 Å². The number of hydroxylamine groups is 1. The van der Waals surface area contributed by atoms with E-state index in [0.717, 1.165) is 11.3 Å². The Bertz CT molecular complexity index is 1060. The molecule has 11 nitrogen and oxygen atoms in total. The minimum absolute atomic E-state index is 0.109. The number of nitrogens with zero attached hydrogens (tertiary/aromatic N) is 3. The van der Waals surface area contributed by atoms with Crippen LogP contribution in [0.4, 0.5) is 10.5 Å². The summed E-state index contributed by atoms with van der Waals surface area (Å²) in [6.45, 7) is 7.05. The average molecular weight is 525 g/mol. The maximum atomic E-state index is 13.4. The van der Waals surface area contributed by atoms with E-state index in [1.807, 2.05) is 19.9 Å². The summed E-state index contributed by atoms with van der Waals surface area (Å²) in [5.41, 5.74) is 3.75. The number of piperidine rings is 1. The minimum Gasteiger partial charge on any atom is -0.444 e. The number of amides is 2. The van der Waals surface area contributed by atoms with Gasteiger partial charge in [-0.1, -0.05) is 17.7 Å². The first-order valence-corrected chi connectivity index (χ1v) is 14.0. The maximum Gasteiger partial charge on any atom is 0.410 e. The minimum atomic E-state index is -3.79. The zero-order valence-corrected chi connectivity index (χ0v) is 21.8. The number of sulfonamides is 1. The molecule has 0 radical (unpaired) electrons. The Balaban J connectivity index is 1.38. The molecule has 1 unspecified atom stereocenters. The lowest BCUT2D eigenvalue weighted by molar-refractivity contribution is -0.141. The molecule has 1 aromatic carbocycles. The predicted octanol–water partition coefficient (Wildman–Crippen LogP) is 1.27. The number of piperazine rings is 1. The van der Waals surface area contributed by atoms with Crippen LogP contribution in [0, 0.1) is 19.3 Å². The van der Waals surface area contributed by atoms with Crippen molar-refractivity contribution in [2.45, 2.75) is 39.2 Å². The van der Waals surface area contributed by atoms with Crippen molar-refractivity contribution in [1.29, 1.82) is 0 Å². The molecular weight excluding hydrogens is 488 g/mol. The number of nitrogens with one attached hydrogen (secondary N) is 1. The number of aryl methyl sites for hydroxylation is 2. The number of carbonyl (C=O) groups is 2. The van der Waals surface area contributed by atoms with Crippen molar-refractivity contribution in [3.8, 4) is 0 Å². The zero-order valence-electron chi connectivity index (χ0n) is 20.9. The van der Waals surface area contributed by atoms with Crippen LogP contribution in [-0.2, 0) is 24.3 Å². The van der Waals surface area contributed by atoms with Crippen molar-refractivity contribution >= 4 is 27.7 Å². The molecule has 2 amide bonds. The predicted molar refractivity (Wildman–Crippen MR) is 132 cm³/mol. The summed E-state index contributed by atoms with van der Waals surface area (Å²) in [6.07, 6.45) is 0.0850. The highest BCUT2D eigenvalue weighted by Gasteiger charge is 2.47. The van der Waals surface area contributed by atoms with E-state index in [2.05, 4.69) is 17.0 Å². The molecule has 3 saturated heterocycles. The smallest absolute Gasteiger partial charge is 0.410 e. The van der Waals surface area contributed by atoms with Gasteiger partial charge in [0.15, 0.2) is 0 Å². The van der Waals surface area contributed by atoms with E-state index in [0.29, 0.717) is 45.8 Å². The number of anilines is 1. The molecule has 0 aromatic heterocycles. The number of carbonyl (C=O) groups excluding carboxylic acids is 2. The lowest BCUT2D eigenvalue weighted by atomic mass is 9.79.